The van der Waals surface area contributed by atoms with Gasteiger partial charge in [-0.2, -0.15) is 0 Å². The number of thiazole rings is 1. The highest BCUT2D eigenvalue weighted by molar-refractivity contribution is 7.99. The zero-order valence-corrected chi connectivity index (χ0v) is 19.3. The van der Waals surface area contributed by atoms with Crippen molar-refractivity contribution < 1.29 is 9.69 Å². The van der Waals surface area contributed by atoms with E-state index in [0.29, 0.717) is 22.1 Å². The van der Waals surface area contributed by atoms with Crippen molar-refractivity contribution in [2.75, 3.05) is 18.9 Å². The Morgan fingerprint density at radius 2 is 2.14 bits per heavy atom. The third-order valence-electron chi connectivity index (χ3n) is 5.19. The molecule has 4 rings (SSSR count). The Morgan fingerprint density at radius 1 is 1.34 bits per heavy atom. The first kappa shape index (κ1) is 20.5. The SMILES string of the molecule is Cc1sc2nc(CS[C@@H](C)C(=O)Nc3nc4c(s3)C[NH+](C)CC4)[nH]c(=O)c2c1C. The number of carbonyl (C=O) groups is 1. The number of nitrogens with zero attached hydrogens (tertiary/aromatic N) is 2. The molecule has 1 amide bonds. The van der Waals surface area contributed by atoms with Crippen LogP contribution in [0, 0.1) is 13.8 Å². The first-order valence-corrected chi connectivity index (χ1v) is 12.2. The van der Waals surface area contributed by atoms with Gasteiger partial charge in [0.2, 0.25) is 5.91 Å². The zero-order valence-electron chi connectivity index (χ0n) is 16.8. The molecule has 10 heteroatoms. The molecule has 0 aliphatic carbocycles. The Balaban J connectivity index is 1.39. The van der Waals surface area contributed by atoms with Gasteiger partial charge in [-0.1, -0.05) is 11.3 Å². The lowest BCUT2D eigenvalue weighted by Crippen LogP contribution is -3.08. The number of nitrogens with one attached hydrogen (secondary N) is 3. The molecule has 154 valence electrons. The number of thioether (sulfide) groups is 1. The van der Waals surface area contributed by atoms with E-state index in [1.807, 2.05) is 20.8 Å². The van der Waals surface area contributed by atoms with E-state index in [2.05, 4.69) is 27.3 Å². The van der Waals surface area contributed by atoms with Gasteiger partial charge in [0, 0.05) is 11.3 Å². The number of fused-ring (bicyclic) bond motifs is 2. The number of likely N-dealkylation sites (N-methyl/N-ethyl adjacent to an activating group) is 1. The van der Waals surface area contributed by atoms with Crippen molar-refractivity contribution in [1.29, 1.82) is 0 Å². The first-order valence-electron chi connectivity index (χ1n) is 9.53. The lowest BCUT2D eigenvalue weighted by Gasteiger charge is -2.17. The summed E-state index contributed by atoms with van der Waals surface area (Å²) in [6, 6.07) is 0. The van der Waals surface area contributed by atoms with E-state index in [1.165, 1.54) is 32.9 Å². The number of rotatable bonds is 5. The van der Waals surface area contributed by atoms with Crippen LogP contribution < -0.4 is 15.8 Å². The molecule has 29 heavy (non-hydrogen) atoms. The number of H-pyrrole nitrogens is 1. The van der Waals surface area contributed by atoms with Gasteiger partial charge in [-0.25, -0.2) is 9.97 Å². The summed E-state index contributed by atoms with van der Waals surface area (Å²) in [5, 5.41) is 4.02. The van der Waals surface area contributed by atoms with Gasteiger partial charge in [0.25, 0.3) is 5.56 Å². The molecule has 1 aliphatic rings. The van der Waals surface area contributed by atoms with Crippen molar-refractivity contribution in [1.82, 2.24) is 15.0 Å². The van der Waals surface area contributed by atoms with Gasteiger partial charge < -0.3 is 15.2 Å². The number of anilines is 1. The maximum atomic E-state index is 12.6. The number of quaternary nitrogens is 1. The molecular formula is C19H24N5O2S3+. The second-order valence-corrected chi connectivity index (χ2v) is 11.1. The van der Waals surface area contributed by atoms with Crippen LogP contribution in [0.15, 0.2) is 4.79 Å². The van der Waals surface area contributed by atoms with Gasteiger partial charge >= 0.3 is 0 Å². The standard InChI is InChI=1S/C19H23N5O2S3/c1-9-10(2)28-18-15(9)17(26)21-14(22-18)8-27-11(3)16(25)23-19-20-12-5-6-24(4)7-13(12)29-19/h11H,5-8H2,1-4H3,(H,20,23,25)(H,21,22,26)/p+1/t11-/m0/s1. The van der Waals surface area contributed by atoms with E-state index in [-0.39, 0.29) is 16.7 Å². The number of carbonyl (C=O) groups excluding carboxylic acids is 1. The topological polar surface area (TPSA) is 92.2 Å². The lowest BCUT2D eigenvalue weighted by atomic mass is 10.2. The Hall–Kier alpha value is -1.75. The minimum Gasteiger partial charge on any atom is -0.333 e. The predicted octanol–water partition coefficient (Wildman–Crippen LogP) is 1.89. The average molecular weight is 451 g/mol. The Kier molecular flexibility index (Phi) is 5.78. The van der Waals surface area contributed by atoms with Gasteiger partial charge in [-0.15, -0.1) is 23.1 Å². The van der Waals surface area contributed by atoms with Crippen LogP contribution in [0.25, 0.3) is 10.2 Å². The summed E-state index contributed by atoms with van der Waals surface area (Å²) in [6.45, 7) is 7.85. The minimum atomic E-state index is -0.281. The summed E-state index contributed by atoms with van der Waals surface area (Å²) in [6.07, 6.45) is 0.959. The Morgan fingerprint density at radius 3 is 2.93 bits per heavy atom. The molecule has 1 unspecified atom stereocenters. The normalized spacial score (nSPS) is 17.3. The third-order valence-corrected chi connectivity index (χ3v) is 8.46. The van der Waals surface area contributed by atoms with Gasteiger partial charge in [-0.3, -0.25) is 9.59 Å². The molecule has 0 fully saturated rings. The molecule has 0 bridgehead atoms. The summed E-state index contributed by atoms with van der Waals surface area (Å²) in [7, 11) is 2.17. The first-order chi connectivity index (χ1) is 13.8. The summed E-state index contributed by atoms with van der Waals surface area (Å²) in [5.74, 6) is 0.996. The van der Waals surface area contributed by atoms with E-state index >= 15 is 0 Å². The van der Waals surface area contributed by atoms with E-state index < -0.39 is 0 Å². The largest absolute Gasteiger partial charge is 0.333 e. The molecule has 0 saturated carbocycles. The van der Waals surface area contributed by atoms with Crippen LogP contribution in [0.5, 0.6) is 0 Å². The number of hydrogen-bond acceptors (Lipinski definition) is 7. The summed E-state index contributed by atoms with van der Waals surface area (Å²) in [5.41, 5.74) is 2.00. The van der Waals surface area contributed by atoms with Crippen LogP contribution in [0.3, 0.4) is 0 Å². The number of aromatic amines is 1. The monoisotopic (exact) mass is 450 g/mol. The number of aromatic nitrogens is 3. The van der Waals surface area contributed by atoms with E-state index in [9.17, 15) is 9.59 Å². The fraction of sp³-hybridized carbons (Fsp3) is 0.474. The van der Waals surface area contributed by atoms with Gasteiger partial charge in [0.1, 0.15) is 17.2 Å². The molecule has 3 aromatic heterocycles. The molecule has 0 radical (unpaired) electrons. The highest BCUT2D eigenvalue weighted by Gasteiger charge is 2.23. The highest BCUT2D eigenvalue weighted by Crippen LogP contribution is 2.27. The van der Waals surface area contributed by atoms with Gasteiger partial charge in [-0.05, 0) is 26.3 Å². The minimum absolute atomic E-state index is 0.0759. The van der Waals surface area contributed by atoms with Crippen molar-refractivity contribution in [2.45, 2.75) is 44.7 Å². The van der Waals surface area contributed by atoms with Gasteiger partial charge in [0.15, 0.2) is 5.13 Å². The second kappa shape index (κ2) is 8.17. The fourth-order valence-corrected chi connectivity index (χ4v) is 6.25. The Labute approximate surface area is 181 Å². The van der Waals surface area contributed by atoms with Crippen LogP contribution in [-0.4, -0.2) is 39.7 Å². The molecule has 3 N–H and O–H groups in total. The smallest absolute Gasteiger partial charge is 0.259 e. The lowest BCUT2D eigenvalue weighted by molar-refractivity contribution is -0.895. The van der Waals surface area contributed by atoms with Crippen molar-refractivity contribution in [3.8, 4) is 0 Å². The molecule has 0 saturated heterocycles. The third kappa shape index (κ3) is 4.25. The average Bonchev–Trinajstić information content (AvgIpc) is 3.19. The molecule has 1 aliphatic heterocycles. The maximum absolute atomic E-state index is 12.6. The van der Waals surface area contributed by atoms with Crippen LogP contribution in [0.1, 0.15) is 33.8 Å². The van der Waals surface area contributed by atoms with Crippen LogP contribution in [0.2, 0.25) is 0 Å². The summed E-state index contributed by atoms with van der Waals surface area (Å²) in [4.78, 5) is 41.6. The second-order valence-electron chi connectivity index (χ2n) is 7.44. The quantitative estimate of drug-likeness (QED) is 0.552. The zero-order chi connectivity index (χ0) is 20.7. The van der Waals surface area contributed by atoms with E-state index in [1.54, 1.807) is 11.3 Å². The molecule has 0 spiro atoms. The molecule has 4 heterocycles. The molecule has 7 nitrogen and oxygen atoms in total. The van der Waals surface area contributed by atoms with Crippen LogP contribution >= 0.6 is 34.4 Å². The van der Waals surface area contributed by atoms with Gasteiger partial charge in [0.05, 0.1) is 40.6 Å². The summed E-state index contributed by atoms with van der Waals surface area (Å²) >= 11 is 4.56. The van der Waals surface area contributed by atoms with Crippen LogP contribution in [-0.2, 0) is 23.5 Å². The molecule has 3 aromatic rings. The molecular weight excluding hydrogens is 426 g/mol. The van der Waals surface area contributed by atoms with Crippen molar-refractivity contribution >= 4 is 55.7 Å². The van der Waals surface area contributed by atoms with Crippen molar-refractivity contribution in [3.63, 3.8) is 0 Å². The maximum Gasteiger partial charge on any atom is 0.259 e. The summed E-state index contributed by atoms with van der Waals surface area (Å²) < 4.78 is 0. The van der Waals surface area contributed by atoms with E-state index in [4.69, 9.17) is 0 Å². The number of hydrogen-bond donors (Lipinski definition) is 3. The van der Waals surface area contributed by atoms with Crippen molar-refractivity contribution in [3.05, 3.63) is 37.2 Å². The number of amides is 1. The number of thiophene rings is 1. The van der Waals surface area contributed by atoms with Crippen molar-refractivity contribution in [2.24, 2.45) is 0 Å². The molecule has 0 aromatic carbocycles. The van der Waals surface area contributed by atoms with Crippen LogP contribution in [0.4, 0.5) is 5.13 Å². The predicted molar refractivity (Wildman–Crippen MR) is 120 cm³/mol. The molecule has 2 atom stereocenters. The Bertz CT molecular complexity index is 1130. The number of aryl methyl sites for hydroxylation is 2. The fourth-order valence-electron chi connectivity index (χ4n) is 3.32. The highest BCUT2D eigenvalue weighted by atomic mass is 32.2. The van der Waals surface area contributed by atoms with E-state index in [0.717, 1.165) is 40.5 Å².